The second-order valence-electron chi connectivity index (χ2n) is 3.23. The summed E-state index contributed by atoms with van der Waals surface area (Å²) in [5.74, 6) is 0. The summed E-state index contributed by atoms with van der Waals surface area (Å²) in [6.45, 7) is -2.42. The molecule has 0 aromatic rings. The first-order chi connectivity index (χ1) is 8.47. The Balaban J connectivity index is 2.88. The van der Waals surface area contributed by atoms with Crippen molar-refractivity contribution in [2.24, 2.45) is 10.6 Å². The van der Waals surface area contributed by atoms with Gasteiger partial charge in [-0.15, -0.1) is 9.81 Å². The number of nitroso groups, excluding NO2 is 2. The van der Waals surface area contributed by atoms with Crippen LogP contribution in [0.15, 0.2) is 10.6 Å². The molecule has 1 fully saturated rings. The zero-order chi connectivity index (χ0) is 13.7. The van der Waals surface area contributed by atoms with Gasteiger partial charge in [0.25, 0.3) is 0 Å². The number of nitrogens with zero attached hydrogens (tertiary/aromatic N) is 8. The summed E-state index contributed by atoms with van der Waals surface area (Å²) in [6.07, 6.45) is 0. The van der Waals surface area contributed by atoms with Gasteiger partial charge in [0.05, 0.1) is 10.6 Å². The van der Waals surface area contributed by atoms with Gasteiger partial charge in [0.15, 0.2) is 36.7 Å². The van der Waals surface area contributed by atoms with Crippen LogP contribution in [0.25, 0.3) is 0 Å². The maximum absolute atomic E-state index is 10.6. The van der Waals surface area contributed by atoms with Crippen molar-refractivity contribution < 1.29 is 10.1 Å². The van der Waals surface area contributed by atoms with Gasteiger partial charge in [-0.3, -0.25) is 0 Å². The van der Waals surface area contributed by atoms with Crippen molar-refractivity contribution in [1.29, 1.82) is 0 Å². The van der Waals surface area contributed by atoms with Crippen molar-refractivity contribution >= 4 is 0 Å². The Labute approximate surface area is 98.4 Å². The molecule has 0 bridgehead atoms. The largest absolute Gasteiger partial charge is 0.235 e. The molecule has 0 aliphatic carbocycles. The standard InChI is InChI=1S/C4H8N8O6/c13-5-7-1-9(11(15)16)3-8(6-14)4-10(2-7)12(17)18/h1-4H2. The second-order valence-corrected chi connectivity index (χ2v) is 3.23. The first-order valence-electron chi connectivity index (χ1n) is 4.43. The molecule has 14 heteroatoms. The average Bonchev–Trinajstić information content (AvgIpc) is 2.28. The van der Waals surface area contributed by atoms with E-state index in [2.05, 4.69) is 10.6 Å². The molecular formula is C4H8N8O6. The molecule has 0 saturated carbocycles. The number of rotatable bonds is 4. The van der Waals surface area contributed by atoms with E-state index in [0.717, 1.165) is 0 Å². The zero-order valence-corrected chi connectivity index (χ0v) is 8.86. The Morgan fingerprint density at radius 1 is 0.778 bits per heavy atom. The van der Waals surface area contributed by atoms with Gasteiger partial charge in [-0.1, -0.05) is 10.0 Å². The summed E-state index contributed by atoms with van der Waals surface area (Å²) in [7, 11) is 0. The summed E-state index contributed by atoms with van der Waals surface area (Å²) < 4.78 is 0. The van der Waals surface area contributed by atoms with E-state index in [9.17, 15) is 30.0 Å². The molecule has 0 unspecified atom stereocenters. The minimum absolute atomic E-state index is 0.472. The van der Waals surface area contributed by atoms with Gasteiger partial charge in [0, 0.05) is 0 Å². The molecule has 0 N–H and O–H groups in total. The summed E-state index contributed by atoms with van der Waals surface area (Å²) in [5.41, 5.74) is 0. The number of nitro groups is 2. The third-order valence-corrected chi connectivity index (χ3v) is 2.00. The summed E-state index contributed by atoms with van der Waals surface area (Å²) in [5, 5.41) is 26.4. The van der Waals surface area contributed by atoms with Gasteiger partial charge < -0.3 is 0 Å². The Bertz CT molecular complexity index is 315. The minimum Gasteiger partial charge on any atom is -0.235 e. The third-order valence-electron chi connectivity index (χ3n) is 2.00. The molecule has 0 amide bonds. The zero-order valence-electron chi connectivity index (χ0n) is 8.86. The van der Waals surface area contributed by atoms with Crippen molar-refractivity contribution in [3.63, 3.8) is 0 Å². The van der Waals surface area contributed by atoms with Crippen LogP contribution in [0.3, 0.4) is 0 Å². The van der Waals surface area contributed by atoms with E-state index in [1.165, 1.54) is 0 Å². The molecule has 14 nitrogen and oxygen atoms in total. The van der Waals surface area contributed by atoms with E-state index in [-0.39, 0.29) is 0 Å². The van der Waals surface area contributed by atoms with Gasteiger partial charge in [0.1, 0.15) is 0 Å². The van der Waals surface area contributed by atoms with Crippen molar-refractivity contribution in [1.82, 2.24) is 20.0 Å². The molecule has 0 atom stereocenters. The van der Waals surface area contributed by atoms with Gasteiger partial charge >= 0.3 is 0 Å². The lowest BCUT2D eigenvalue weighted by Crippen LogP contribution is -2.54. The molecule has 0 aromatic carbocycles. The van der Waals surface area contributed by atoms with E-state index in [1.54, 1.807) is 0 Å². The number of hydrazine groups is 2. The predicted molar refractivity (Wildman–Crippen MR) is 52.4 cm³/mol. The van der Waals surface area contributed by atoms with Crippen molar-refractivity contribution in [2.45, 2.75) is 0 Å². The van der Waals surface area contributed by atoms with Gasteiger partial charge in [-0.25, -0.2) is 30.2 Å². The quantitative estimate of drug-likeness (QED) is 0.342. The number of hydrogen-bond acceptors (Lipinski definition) is 8. The van der Waals surface area contributed by atoms with Crippen LogP contribution >= 0.6 is 0 Å². The van der Waals surface area contributed by atoms with Crippen LogP contribution < -0.4 is 0 Å². The summed E-state index contributed by atoms with van der Waals surface area (Å²) in [6, 6.07) is 0. The Kier molecular flexibility index (Phi) is 4.06. The normalized spacial score (nSPS) is 16.9. The fourth-order valence-electron chi connectivity index (χ4n) is 1.24. The lowest BCUT2D eigenvalue weighted by Gasteiger charge is -2.29. The van der Waals surface area contributed by atoms with E-state index in [1.807, 2.05) is 0 Å². The molecule has 1 heterocycles. The number of hydrogen-bond donors (Lipinski definition) is 0. The third kappa shape index (κ3) is 3.09. The van der Waals surface area contributed by atoms with E-state index in [4.69, 9.17) is 0 Å². The summed E-state index contributed by atoms with van der Waals surface area (Å²) >= 11 is 0. The van der Waals surface area contributed by atoms with Crippen molar-refractivity contribution in [3.8, 4) is 0 Å². The monoisotopic (exact) mass is 264 g/mol. The topological polar surface area (TPSA) is 158 Å². The van der Waals surface area contributed by atoms with Gasteiger partial charge in [-0.05, 0) is 0 Å². The van der Waals surface area contributed by atoms with E-state index >= 15 is 0 Å². The van der Waals surface area contributed by atoms with Crippen molar-refractivity contribution in [3.05, 3.63) is 30.0 Å². The minimum atomic E-state index is -0.863. The maximum Gasteiger partial charge on any atom is 0.173 e. The molecule has 1 aliphatic heterocycles. The average molecular weight is 264 g/mol. The lowest BCUT2D eigenvalue weighted by atomic mass is 10.7. The van der Waals surface area contributed by atoms with Crippen LogP contribution in [-0.4, -0.2) is 56.8 Å². The lowest BCUT2D eigenvalue weighted by molar-refractivity contribution is -0.686. The Hall–Kier alpha value is -2.80. The Morgan fingerprint density at radius 2 is 1.06 bits per heavy atom. The van der Waals surface area contributed by atoms with Crippen molar-refractivity contribution in [2.75, 3.05) is 26.7 Å². The van der Waals surface area contributed by atoms with Crippen LogP contribution in [0.2, 0.25) is 0 Å². The van der Waals surface area contributed by atoms with Crippen LogP contribution in [0.5, 0.6) is 0 Å². The molecule has 1 saturated heterocycles. The molecule has 18 heavy (non-hydrogen) atoms. The first-order valence-corrected chi connectivity index (χ1v) is 4.43. The highest BCUT2D eigenvalue weighted by Gasteiger charge is 2.32. The molecule has 1 rings (SSSR count). The Morgan fingerprint density at radius 3 is 1.22 bits per heavy atom. The first kappa shape index (κ1) is 13.3. The van der Waals surface area contributed by atoms with Crippen LogP contribution in [0.4, 0.5) is 0 Å². The molecule has 0 aromatic heterocycles. The summed E-state index contributed by atoms with van der Waals surface area (Å²) in [4.78, 5) is 42.0. The van der Waals surface area contributed by atoms with E-state index in [0.29, 0.717) is 20.0 Å². The van der Waals surface area contributed by atoms with Crippen LogP contribution in [0, 0.1) is 30.0 Å². The molecule has 100 valence electrons. The smallest absolute Gasteiger partial charge is 0.173 e. The van der Waals surface area contributed by atoms with Gasteiger partial charge in [0.2, 0.25) is 0 Å². The van der Waals surface area contributed by atoms with Crippen LogP contribution in [-0.2, 0) is 0 Å². The SMILES string of the molecule is O=NN1CN([N+](=O)[O-])CN(N=O)CN([N+](=O)[O-])C1. The molecule has 0 spiro atoms. The van der Waals surface area contributed by atoms with Gasteiger partial charge in [-0.2, -0.15) is 0 Å². The second kappa shape index (κ2) is 5.51. The molecule has 0 radical (unpaired) electrons. The maximum atomic E-state index is 10.6. The van der Waals surface area contributed by atoms with E-state index < -0.39 is 36.7 Å². The highest BCUT2D eigenvalue weighted by atomic mass is 16.7. The van der Waals surface area contributed by atoms with Crippen LogP contribution in [0.1, 0.15) is 0 Å². The highest BCUT2D eigenvalue weighted by Crippen LogP contribution is 2.07. The fourth-order valence-corrected chi connectivity index (χ4v) is 1.24. The molecule has 1 aliphatic rings. The fraction of sp³-hybridized carbons (Fsp3) is 1.00. The highest BCUT2D eigenvalue weighted by molar-refractivity contribution is 4.55. The predicted octanol–water partition coefficient (Wildman–Crippen LogP) is -1.22. The molecular weight excluding hydrogens is 256 g/mol.